The normalized spacial score (nSPS) is 21.5. The van der Waals surface area contributed by atoms with E-state index in [1.54, 1.807) is 0 Å². The van der Waals surface area contributed by atoms with Crippen molar-refractivity contribution in [3.8, 4) is 0 Å². The molecule has 0 aromatic carbocycles. The zero-order valence-corrected chi connectivity index (χ0v) is 8.25. The molecule has 0 saturated carbocycles. The molecule has 0 aliphatic carbocycles. The van der Waals surface area contributed by atoms with Gasteiger partial charge in [0.1, 0.15) is 11.6 Å². The fourth-order valence-corrected chi connectivity index (χ4v) is 2.00. The number of rotatable bonds is 2. The van der Waals surface area contributed by atoms with Gasteiger partial charge in [-0.25, -0.2) is 0 Å². The van der Waals surface area contributed by atoms with Gasteiger partial charge in [-0.2, -0.15) is 0 Å². The first-order valence-electron chi connectivity index (χ1n) is 4.84. The van der Waals surface area contributed by atoms with Gasteiger partial charge >= 0.3 is 0 Å². The van der Waals surface area contributed by atoms with Gasteiger partial charge in [0, 0.05) is 13.0 Å². The van der Waals surface area contributed by atoms with Crippen LogP contribution in [0.1, 0.15) is 18.1 Å². The topological polar surface area (TPSA) is 42.7 Å². The second-order valence-corrected chi connectivity index (χ2v) is 3.73. The van der Waals surface area contributed by atoms with Crippen LogP contribution in [0, 0.1) is 12.8 Å². The van der Waals surface area contributed by atoms with E-state index in [4.69, 9.17) is 0 Å². The smallest absolute Gasteiger partial charge is 0.133 e. The van der Waals surface area contributed by atoms with E-state index in [2.05, 4.69) is 20.1 Å². The van der Waals surface area contributed by atoms with Crippen molar-refractivity contribution in [2.24, 2.45) is 5.92 Å². The lowest BCUT2D eigenvalue weighted by atomic mass is 9.98. The molecule has 4 nitrogen and oxygen atoms in total. The summed E-state index contributed by atoms with van der Waals surface area (Å²) in [6.45, 7) is 4.20. The number of nitrogens with one attached hydrogen (secondary N) is 1. The zero-order valence-electron chi connectivity index (χ0n) is 8.25. The molecular formula is C9H16N4. The summed E-state index contributed by atoms with van der Waals surface area (Å²) < 4.78 is 2.23. The lowest BCUT2D eigenvalue weighted by Gasteiger charge is -2.22. The predicted octanol–water partition coefficient (Wildman–Crippen LogP) is 0.368. The molecule has 0 saturated heterocycles. The number of hydrogen-bond acceptors (Lipinski definition) is 3. The summed E-state index contributed by atoms with van der Waals surface area (Å²) >= 11 is 0. The highest BCUT2D eigenvalue weighted by molar-refractivity contribution is 4.98. The van der Waals surface area contributed by atoms with Gasteiger partial charge in [-0.05, 0) is 32.9 Å². The summed E-state index contributed by atoms with van der Waals surface area (Å²) in [5.41, 5.74) is 0. The molecule has 1 aromatic heterocycles. The van der Waals surface area contributed by atoms with Crippen LogP contribution in [-0.2, 0) is 13.0 Å². The van der Waals surface area contributed by atoms with E-state index in [1.165, 1.54) is 6.42 Å². The predicted molar refractivity (Wildman–Crippen MR) is 50.5 cm³/mol. The van der Waals surface area contributed by atoms with E-state index in [1.807, 2.05) is 14.0 Å². The highest BCUT2D eigenvalue weighted by Crippen LogP contribution is 2.18. The Labute approximate surface area is 78.4 Å². The van der Waals surface area contributed by atoms with Crippen LogP contribution in [0.25, 0.3) is 0 Å². The largest absolute Gasteiger partial charge is 0.319 e. The summed E-state index contributed by atoms with van der Waals surface area (Å²) in [5, 5.41) is 11.5. The van der Waals surface area contributed by atoms with Crippen molar-refractivity contribution in [2.75, 3.05) is 13.6 Å². The zero-order chi connectivity index (χ0) is 9.26. The average molecular weight is 180 g/mol. The van der Waals surface area contributed by atoms with Crippen LogP contribution in [0.2, 0.25) is 0 Å². The molecule has 1 unspecified atom stereocenters. The van der Waals surface area contributed by atoms with E-state index in [0.29, 0.717) is 0 Å². The fraction of sp³-hybridized carbons (Fsp3) is 0.778. The molecule has 0 bridgehead atoms. The summed E-state index contributed by atoms with van der Waals surface area (Å²) in [6.07, 6.45) is 2.31. The van der Waals surface area contributed by atoms with Crippen LogP contribution in [0.15, 0.2) is 0 Å². The molecule has 0 spiro atoms. The minimum atomic E-state index is 0.737. The van der Waals surface area contributed by atoms with E-state index in [-0.39, 0.29) is 0 Å². The number of aromatic nitrogens is 3. The van der Waals surface area contributed by atoms with Crippen molar-refractivity contribution in [3.63, 3.8) is 0 Å². The van der Waals surface area contributed by atoms with E-state index in [0.717, 1.165) is 37.1 Å². The van der Waals surface area contributed by atoms with Crippen LogP contribution in [0.5, 0.6) is 0 Å². The Morgan fingerprint density at radius 1 is 1.54 bits per heavy atom. The molecule has 2 heterocycles. The van der Waals surface area contributed by atoms with Crippen LogP contribution in [0.3, 0.4) is 0 Å². The molecule has 1 aliphatic heterocycles. The van der Waals surface area contributed by atoms with Gasteiger partial charge in [0.15, 0.2) is 0 Å². The highest BCUT2D eigenvalue weighted by atomic mass is 15.3. The molecule has 1 N–H and O–H groups in total. The van der Waals surface area contributed by atoms with Crippen LogP contribution in [-0.4, -0.2) is 28.4 Å². The average Bonchev–Trinajstić information content (AvgIpc) is 2.48. The minimum absolute atomic E-state index is 0.737. The SMILES string of the molecule is CNCC1CCn2c(C)nnc2C1. The summed E-state index contributed by atoms with van der Waals surface area (Å²) in [5.74, 6) is 2.95. The standard InChI is InChI=1S/C9H16N4/c1-7-11-12-9-5-8(6-10-2)3-4-13(7)9/h8,10H,3-6H2,1-2H3. The molecule has 1 atom stereocenters. The Bertz CT molecular complexity index is 292. The van der Waals surface area contributed by atoms with Crippen molar-refractivity contribution >= 4 is 0 Å². The maximum absolute atomic E-state index is 4.17. The van der Waals surface area contributed by atoms with Gasteiger partial charge in [-0.3, -0.25) is 0 Å². The molecule has 0 radical (unpaired) electrons. The number of nitrogens with zero attached hydrogens (tertiary/aromatic N) is 3. The Balaban J connectivity index is 2.11. The van der Waals surface area contributed by atoms with Gasteiger partial charge in [0.2, 0.25) is 0 Å². The first kappa shape index (κ1) is 8.69. The summed E-state index contributed by atoms with van der Waals surface area (Å²) in [6, 6.07) is 0. The van der Waals surface area contributed by atoms with Crippen molar-refractivity contribution in [1.29, 1.82) is 0 Å². The molecular weight excluding hydrogens is 164 g/mol. The number of fused-ring (bicyclic) bond motifs is 1. The molecule has 2 rings (SSSR count). The van der Waals surface area contributed by atoms with Gasteiger partial charge < -0.3 is 9.88 Å². The summed E-state index contributed by atoms with van der Waals surface area (Å²) in [7, 11) is 2.00. The number of aryl methyl sites for hydroxylation is 1. The second kappa shape index (κ2) is 3.46. The van der Waals surface area contributed by atoms with Crippen molar-refractivity contribution in [2.45, 2.75) is 26.3 Å². The maximum Gasteiger partial charge on any atom is 0.133 e. The van der Waals surface area contributed by atoms with Crippen molar-refractivity contribution in [3.05, 3.63) is 11.6 Å². The molecule has 1 aliphatic rings. The van der Waals surface area contributed by atoms with Crippen LogP contribution in [0.4, 0.5) is 0 Å². The molecule has 1 aromatic rings. The Kier molecular flexibility index (Phi) is 2.31. The first-order valence-corrected chi connectivity index (χ1v) is 4.84. The van der Waals surface area contributed by atoms with E-state index < -0.39 is 0 Å². The Hall–Kier alpha value is -0.900. The summed E-state index contributed by atoms with van der Waals surface area (Å²) in [4.78, 5) is 0. The lowest BCUT2D eigenvalue weighted by Crippen LogP contribution is -2.27. The molecule has 4 heteroatoms. The molecule has 72 valence electrons. The third-order valence-corrected chi connectivity index (χ3v) is 2.74. The highest BCUT2D eigenvalue weighted by Gasteiger charge is 2.20. The molecule has 13 heavy (non-hydrogen) atoms. The minimum Gasteiger partial charge on any atom is -0.319 e. The monoisotopic (exact) mass is 180 g/mol. The van der Waals surface area contributed by atoms with Gasteiger partial charge in [-0.1, -0.05) is 0 Å². The fourth-order valence-electron chi connectivity index (χ4n) is 2.00. The number of hydrogen-bond donors (Lipinski definition) is 1. The Morgan fingerprint density at radius 2 is 2.38 bits per heavy atom. The second-order valence-electron chi connectivity index (χ2n) is 3.73. The third kappa shape index (κ3) is 1.58. The molecule has 0 amide bonds. The lowest BCUT2D eigenvalue weighted by molar-refractivity contribution is 0.369. The Morgan fingerprint density at radius 3 is 3.15 bits per heavy atom. The molecule has 0 fully saturated rings. The quantitative estimate of drug-likeness (QED) is 0.715. The first-order chi connectivity index (χ1) is 6.31. The van der Waals surface area contributed by atoms with E-state index in [9.17, 15) is 0 Å². The van der Waals surface area contributed by atoms with Gasteiger partial charge in [0.25, 0.3) is 0 Å². The van der Waals surface area contributed by atoms with Crippen molar-refractivity contribution < 1.29 is 0 Å². The van der Waals surface area contributed by atoms with E-state index >= 15 is 0 Å². The van der Waals surface area contributed by atoms with Gasteiger partial charge in [-0.15, -0.1) is 10.2 Å². The maximum atomic E-state index is 4.17. The van der Waals surface area contributed by atoms with Crippen LogP contribution >= 0.6 is 0 Å². The third-order valence-electron chi connectivity index (χ3n) is 2.74. The van der Waals surface area contributed by atoms with Gasteiger partial charge in [0.05, 0.1) is 0 Å². The van der Waals surface area contributed by atoms with Crippen LogP contribution < -0.4 is 5.32 Å². The van der Waals surface area contributed by atoms with Crippen molar-refractivity contribution in [1.82, 2.24) is 20.1 Å².